The van der Waals surface area contributed by atoms with Crippen LogP contribution in [-0.4, -0.2) is 25.7 Å². The van der Waals surface area contributed by atoms with E-state index in [1.54, 1.807) is 23.5 Å². The number of amides is 1. The number of hydrogen-bond acceptors (Lipinski definition) is 4. The van der Waals surface area contributed by atoms with Crippen LogP contribution in [0.15, 0.2) is 45.3 Å². The summed E-state index contributed by atoms with van der Waals surface area (Å²) in [6.45, 7) is 1.87. The number of thiophene rings is 1. The predicted octanol–water partition coefficient (Wildman–Crippen LogP) is 3.73. The van der Waals surface area contributed by atoms with Crippen LogP contribution in [0, 0.1) is 0 Å². The van der Waals surface area contributed by atoms with Crippen molar-refractivity contribution >= 4 is 44.6 Å². The molecule has 0 aliphatic carbocycles. The molecule has 4 nitrogen and oxygen atoms in total. The van der Waals surface area contributed by atoms with Gasteiger partial charge < -0.3 is 4.90 Å². The molecular formula is C15H16BrN3OS. The first kappa shape index (κ1) is 15.7. The molecule has 0 saturated heterocycles. The molecule has 0 aliphatic heterocycles. The lowest BCUT2D eigenvalue weighted by atomic mass is 10.2. The lowest BCUT2D eigenvalue weighted by Crippen LogP contribution is -2.19. The minimum Gasteiger partial charge on any atom is -0.378 e. The highest BCUT2D eigenvalue weighted by Crippen LogP contribution is 2.22. The molecule has 2 aromatic rings. The Labute approximate surface area is 136 Å². The number of hydrogen-bond donors (Lipinski definition) is 1. The molecule has 0 aliphatic rings. The summed E-state index contributed by atoms with van der Waals surface area (Å²) in [4.78, 5) is 15.0. The van der Waals surface area contributed by atoms with E-state index < -0.39 is 0 Å². The second kappa shape index (κ2) is 6.87. The molecule has 0 radical (unpaired) electrons. The number of rotatable bonds is 4. The molecule has 1 N–H and O–H groups in total. The Bertz CT molecular complexity index is 662. The van der Waals surface area contributed by atoms with Crippen LogP contribution in [-0.2, 0) is 0 Å². The molecule has 1 aromatic heterocycles. The van der Waals surface area contributed by atoms with E-state index in [1.165, 1.54) is 0 Å². The third-order valence-electron chi connectivity index (χ3n) is 2.90. The number of hydrazone groups is 1. The summed E-state index contributed by atoms with van der Waals surface area (Å²) in [6.07, 6.45) is 0. The highest BCUT2D eigenvalue weighted by atomic mass is 79.9. The number of anilines is 1. The topological polar surface area (TPSA) is 44.7 Å². The minimum absolute atomic E-state index is 0.213. The van der Waals surface area contributed by atoms with Crippen LogP contribution in [0.5, 0.6) is 0 Å². The lowest BCUT2D eigenvalue weighted by molar-refractivity contribution is 0.0955. The summed E-state index contributed by atoms with van der Waals surface area (Å²) in [5, 5.41) is 4.14. The molecule has 0 saturated carbocycles. The Morgan fingerprint density at radius 1 is 1.19 bits per heavy atom. The highest BCUT2D eigenvalue weighted by molar-refractivity contribution is 9.11. The van der Waals surface area contributed by atoms with Gasteiger partial charge in [0.15, 0.2) is 0 Å². The van der Waals surface area contributed by atoms with Crippen molar-refractivity contribution < 1.29 is 4.79 Å². The second-order valence-corrected chi connectivity index (χ2v) is 7.15. The Balaban J connectivity index is 2.04. The number of halogens is 1. The van der Waals surface area contributed by atoms with E-state index in [-0.39, 0.29) is 5.91 Å². The molecule has 0 bridgehead atoms. The fraction of sp³-hybridized carbons (Fsp3) is 0.200. The summed E-state index contributed by atoms with van der Waals surface area (Å²) < 4.78 is 1.04. The van der Waals surface area contributed by atoms with Crippen molar-refractivity contribution in [1.29, 1.82) is 0 Å². The minimum atomic E-state index is -0.213. The maximum atomic E-state index is 12.0. The first-order valence-electron chi connectivity index (χ1n) is 6.35. The van der Waals surface area contributed by atoms with Gasteiger partial charge in [0, 0.05) is 25.3 Å². The molecule has 0 atom stereocenters. The molecule has 6 heteroatoms. The second-order valence-electron chi connectivity index (χ2n) is 4.68. The first-order chi connectivity index (χ1) is 9.97. The summed E-state index contributed by atoms with van der Waals surface area (Å²) in [7, 11) is 3.92. The molecule has 1 amide bonds. The van der Waals surface area contributed by atoms with Crippen molar-refractivity contribution in [2.45, 2.75) is 6.92 Å². The van der Waals surface area contributed by atoms with E-state index in [0.717, 1.165) is 20.1 Å². The van der Waals surface area contributed by atoms with Crippen LogP contribution < -0.4 is 10.3 Å². The van der Waals surface area contributed by atoms with Crippen LogP contribution in [0.25, 0.3) is 0 Å². The van der Waals surface area contributed by atoms with E-state index in [1.807, 2.05) is 50.2 Å². The maximum Gasteiger partial charge on any atom is 0.271 e. The average Bonchev–Trinajstić information content (AvgIpc) is 2.91. The van der Waals surface area contributed by atoms with Gasteiger partial charge in [0.1, 0.15) is 0 Å². The van der Waals surface area contributed by atoms with Gasteiger partial charge in [-0.3, -0.25) is 4.79 Å². The van der Waals surface area contributed by atoms with Crippen LogP contribution in [0.4, 0.5) is 5.69 Å². The van der Waals surface area contributed by atoms with Crippen molar-refractivity contribution in [2.75, 3.05) is 19.0 Å². The third-order valence-corrected chi connectivity index (χ3v) is 4.63. The zero-order valence-electron chi connectivity index (χ0n) is 12.1. The van der Waals surface area contributed by atoms with Crippen LogP contribution >= 0.6 is 27.3 Å². The van der Waals surface area contributed by atoms with Crippen molar-refractivity contribution in [3.8, 4) is 0 Å². The molecular weight excluding hydrogens is 350 g/mol. The van der Waals surface area contributed by atoms with Crippen molar-refractivity contribution in [3.63, 3.8) is 0 Å². The van der Waals surface area contributed by atoms with E-state index in [9.17, 15) is 4.79 Å². The summed E-state index contributed by atoms with van der Waals surface area (Å²) >= 11 is 4.99. The molecule has 2 rings (SSSR count). The van der Waals surface area contributed by atoms with Gasteiger partial charge in [-0.25, -0.2) is 5.43 Å². The van der Waals surface area contributed by atoms with Gasteiger partial charge in [-0.1, -0.05) is 0 Å². The fourth-order valence-corrected chi connectivity index (χ4v) is 3.00. The van der Waals surface area contributed by atoms with Crippen molar-refractivity contribution in [3.05, 3.63) is 50.6 Å². The molecule has 21 heavy (non-hydrogen) atoms. The SMILES string of the molecule is CC(=NNC(=O)c1ccc(N(C)C)cc1)c1ccc(Br)s1. The standard InChI is InChI=1S/C15H16BrN3OS/c1-10(13-8-9-14(16)21-13)17-18-15(20)11-4-6-12(7-5-11)19(2)3/h4-9H,1-3H3,(H,18,20). The van der Waals surface area contributed by atoms with E-state index in [0.29, 0.717) is 5.56 Å². The summed E-state index contributed by atoms with van der Waals surface area (Å²) in [5.41, 5.74) is 5.00. The number of benzene rings is 1. The van der Waals surface area contributed by atoms with Gasteiger partial charge in [0.25, 0.3) is 5.91 Å². The molecule has 1 heterocycles. The summed E-state index contributed by atoms with van der Waals surface area (Å²) in [5.74, 6) is -0.213. The van der Waals surface area contributed by atoms with Gasteiger partial charge in [-0.05, 0) is 59.3 Å². The van der Waals surface area contributed by atoms with E-state index >= 15 is 0 Å². The molecule has 0 spiro atoms. The third kappa shape index (κ3) is 4.15. The van der Waals surface area contributed by atoms with Crippen LogP contribution in [0.2, 0.25) is 0 Å². The lowest BCUT2D eigenvalue weighted by Gasteiger charge is -2.12. The Hall–Kier alpha value is -1.66. The number of carbonyl (C=O) groups excluding carboxylic acids is 1. The number of carbonyl (C=O) groups is 1. The predicted molar refractivity (Wildman–Crippen MR) is 92.5 cm³/mol. The smallest absolute Gasteiger partial charge is 0.271 e. The normalized spacial score (nSPS) is 11.3. The largest absolute Gasteiger partial charge is 0.378 e. The van der Waals surface area contributed by atoms with Gasteiger partial charge in [-0.15, -0.1) is 11.3 Å². The number of nitrogens with zero attached hydrogens (tertiary/aromatic N) is 2. The molecule has 0 unspecified atom stereocenters. The Morgan fingerprint density at radius 2 is 1.86 bits per heavy atom. The molecule has 1 aromatic carbocycles. The molecule has 110 valence electrons. The van der Waals surface area contributed by atoms with Crippen LogP contribution in [0.3, 0.4) is 0 Å². The van der Waals surface area contributed by atoms with Crippen LogP contribution in [0.1, 0.15) is 22.2 Å². The van der Waals surface area contributed by atoms with Gasteiger partial charge in [-0.2, -0.15) is 5.10 Å². The highest BCUT2D eigenvalue weighted by Gasteiger charge is 2.06. The monoisotopic (exact) mass is 365 g/mol. The average molecular weight is 366 g/mol. The van der Waals surface area contributed by atoms with E-state index in [2.05, 4.69) is 26.5 Å². The van der Waals surface area contributed by atoms with Crippen molar-refractivity contribution in [2.24, 2.45) is 5.10 Å². The van der Waals surface area contributed by atoms with E-state index in [4.69, 9.17) is 0 Å². The number of nitrogens with one attached hydrogen (secondary N) is 1. The van der Waals surface area contributed by atoms with Gasteiger partial charge >= 0.3 is 0 Å². The summed E-state index contributed by atoms with van der Waals surface area (Å²) in [6, 6.07) is 11.3. The zero-order chi connectivity index (χ0) is 15.4. The van der Waals surface area contributed by atoms with Gasteiger partial charge in [0.2, 0.25) is 0 Å². The fourth-order valence-electron chi connectivity index (χ4n) is 1.67. The maximum absolute atomic E-state index is 12.0. The quantitative estimate of drug-likeness (QED) is 0.662. The van der Waals surface area contributed by atoms with Gasteiger partial charge in [0.05, 0.1) is 14.4 Å². The zero-order valence-corrected chi connectivity index (χ0v) is 14.5. The molecule has 0 fully saturated rings. The Kier molecular flexibility index (Phi) is 5.14. The van der Waals surface area contributed by atoms with Crippen molar-refractivity contribution in [1.82, 2.24) is 5.43 Å². The Morgan fingerprint density at radius 3 is 2.38 bits per heavy atom. The first-order valence-corrected chi connectivity index (χ1v) is 7.96.